The van der Waals surface area contributed by atoms with Crippen molar-refractivity contribution >= 4 is 12.0 Å². The molecule has 140 valence electrons. The Balaban J connectivity index is 2.01. The largest absolute Gasteiger partial charge is 0.493 e. The number of carbonyl (C=O) groups excluding carboxylic acids is 1. The summed E-state index contributed by atoms with van der Waals surface area (Å²) in [5.74, 6) is 1.87. The number of aryl methyl sites for hydroxylation is 2. The molecule has 0 radical (unpaired) electrons. The van der Waals surface area contributed by atoms with Crippen molar-refractivity contribution in [3.05, 3.63) is 46.9 Å². The number of hydrogen-bond acceptors (Lipinski definition) is 5. The normalized spacial score (nSPS) is 10.9. The van der Waals surface area contributed by atoms with Gasteiger partial charge in [-0.25, -0.2) is 0 Å². The van der Waals surface area contributed by atoms with Gasteiger partial charge in [-0.15, -0.1) is 0 Å². The molecule has 0 spiro atoms. The highest BCUT2D eigenvalue weighted by molar-refractivity contribution is 5.91. The molecule has 0 aliphatic carbocycles. The van der Waals surface area contributed by atoms with Gasteiger partial charge in [0.05, 0.1) is 18.4 Å². The van der Waals surface area contributed by atoms with E-state index in [9.17, 15) is 4.79 Å². The average Bonchev–Trinajstić information content (AvgIpc) is 2.96. The van der Waals surface area contributed by atoms with E-state index in [2.05, 4.69) is 17.4 Å². The first-order chi connectivity index (χ1) is 12.5. The van der Waals surface area contributed by atoms with Crippen LogP contribution >= 0.6 is 0 Å². The van der Waals surface area contributed by atoms with Gasteiger partial charge in [0.25, 0.3) is 0 Å². The first-order valence-corrected chi connectivity index (χ1v) is 8.73. The summed E-state index contributed by atoms with van der Waals surface area (Å²) in [5.41, 5.74) is 2.60. The van der Waals surface area contributed by atoms with Gasteiger partial charge in [-0.05, 0) is 44.0 Å². The zero-order chi connectivity index (χ0) is 18.9. The standard InChI is InChI=1S/C20H26N2O4/c1-5-6-11-21-20(23)10-8-16-7-9-18(19(12-16)24-4)25-13-17-14(2)22-26-15(17)3/h7-10,12H,5-6,11,13H2,1-4H3,(H,21,23)/b10-8+. The number of methoxy groups -OCH3 is 1. The highest BCUT2D eigenvalue weighted by Gasteiger charge is 2.11. The predicted octanol–water partition coefficient (Wildman–Crippen LogP) is 3.81. The molecule has 1 aromatic carbocycles. The van der Waals surface area contributed by atoms with Crippen molar-refractivity contribution in [1.82, 2.24) is 10.5 Å². The summed E-state index contributed by atoms with van der Waals surface area (Å²) in [4.78, 5) is 11.7. The van der Waals surface area contributed by atoms with Crippen molar-refractivity contribution < 1.29 is 18.8 Å². The minimum atomic E-state index is -0.101. The molecule has 26 heavy (non-hydrogen) atoms. The van der Waals surface area contributed by atoms with Gasteiger partial charge in [0.2, 0.25) is 5.91 Å². The topological polar surface area (TPSA) is 73.6 Å². The molecular weight excluding hydrogens is 332 g/mol. The molecule has 0 aliphatic rings. The number of aromatic nitrogens is 1. The van der Waals surface area contributed by atoms with E-state index in [0.717, 1.165) is 35.4 Å². The number of hydrogen-bond donors (Lipinski definition) is 1. The second kappa shape index (κ2) is 9.65. The molecule has 6 heteroatoms. The van der Waals surface area contributed by atoms with Gasteiger partial charge in [0.15, 0.2) is 11.5 Å². The predicted molar refractivity (Wildman–Crippen MR) is 100 cm³/mol. The fraction of sp³-hybridized carbons (Fsp3) is 0.400. The van der Waals surface area contributed by atoms with Gasteiger partial charge in [0, 0.05) is 12.6 Å². The number of carbonyl (C=O) groups is 1. The first kappa shape index (κ1) is 19.6. The van der Waals surface area contributed by atoms with Crippen molar-refractivity contribution in [2.75, 3.05) is 13.7 Å². The fourth-order valence-corrected chi connectivity index (χ4v) is 2.38. The van der Waals surface area contributed by atoms with Crippen molar-refractivity contribution in [2.45, 2.75) is 40.2 Å². The monoisotopic (exact) mass is 358 g/mol. The van der Waals surface area contributed by atoms with E-state index in [1.54, 1.807) is 13.2 Å². The molecule has 6 nitrogen and oxygen atoms in total. The van der Waals surface area contributed by atoms with Gasteiger partial charge >= 0.3 is 0 Å². The summed E-state index contributed by atoms with van der Waals surface area (Å²) >= 11 is 0. The van der Waals surface area contributed by atoms with Crippen LogP contribution in [0.4, 0.5) is 0 Å². The van der Waals surface area contributed by atoms with Crippen molar-refractivity contribution in [1.29, 1.82) is 0 Å². The molecule has 0 saturated carbocycles. The summed E-state index contributed by atoms with van der Waals surface area (Å²) in [6.45, 7) is 6.87. The molecule has 2 rings (SSSR count). The van der Waals surface area contributed by atoms with Crippen LogP contribution in [0.5, 0.6) is 11.5 Å². The minimum absolute atomic E-state index is 0.101. The molecule has 1 N–H and O–H groups in total. The fourth-order valence-electron chi connectivity index (χ4n) is 2.38. The second-order valence-corrected chi connectivity index (χ2v) is 5.98. The smallest absolute Gasteiger partial charge is 0.243 e. The van der Waals surface area contributed by atoms with E-state index in [1.165, 1.54) is 6.08 Å². The molecule has 0 atom stereocenters. The first-order valence-electron chi connectivity index (χ1n) is 8.73. The van der Waals surface area contributed by atoms with Crippen LogP contribution < -0.4 is 14.8 Å². The Kier molecular flexibility index (Phi) is 7.26. The molecule has 0 saturated heterocycles. The van der Waals surface area contributed by atoms with Crippen LogP contribution in [0.25, 0.3) is 6.08 Å². The van der Waals surface area contributed by atoms with Crippen molar-refractivity contribution in [3.63, 3.8) is 0 Å². The number of nitrogens with zero attached hydrogens (tertiary/aromatic N) is 1. The molecule has 1 heterocycles. The third kappa shape index (κ3) is 5.37. The highest BCUT2D eigenvalue weighted by atomic mass is 16.5. The Bertz CT molecular complexity index is 746. The Hall–Kier alpha value is -2.76. The lowest BCUT2D eigenvalue weighted by atomic mass is 10.2. The summed E-state index contributed by atoms with van der Waals surface area (Å²) in [6.07, 6.45) is 5.30. The van der Waals surface area contributed by atoms with E-state index in [0.29, 0.717) is 24.7 Å². The lowest BCUT2D eigenvalue weighted by Crippen LogP contribution is -2.21. The van der Waals surface area contributed by atoms with Gasteiger partial charge in [-0.2, -0.15) is 0 Å². The maximum absolute atomic E-state index is 11.7. The molecule has 2 aromatic rings. The molecule has 0 unspecified atom stereocenters. The summed E-state index contributed by atoms with van der Waals surface area (Å²) in [5, 5.41) is 6.76. The third-order valence-corrected chi connectivity index (χ3v) is 4.00. The minimum Gasteiger partial charge on any atom is -0.493 e. The lowest BCUT2D eigenvalue weighted by Gasteiger charge is -2.11. The Labute approximate surface area is 154 Å². The average molecular weight is 358 g/mol. The van der Waals surface area contributed by atoms with Crippen LogP contribution in [0, 0.1) is 13.8 Å². The van der Waals surface area contributed by atoms with Crippen LogP contribution in [0.1, 0.15) is 42.3 Å². The van der Waals surface area contributed by atoms with Gasteiger partial charge in [-0.3, -0.25) is 4.79 Å². The third-order valence-electron chi connectivity index (χ3n) is 4.00. The number of benzene rings is 1. The van der Waals surface area contributed by atoms with E-state index >= 15 is 0 Å². The molecule has 0 aliphatic heterocycles. The SMILES string of the molecule is CCCCNC(=O)/C=C/c1ccc(OCc2c(C)noc2C)c(OC)c1. The molecular formula is C20H26N2O4. The number of ether oxygens (including phenoxy) is 2. The zero-order valence-corrected chi connectivity index (χ0v) is 15.8. The second-order valence-electron chi connectivity index (χ2n) is 5.98. The van der Waals surface area contributed by atoms with Crippen LogP contribution in [0.3, 0.4) is 0 Å². The number of unbranched alkanes of at least 4 members (excludes halogenated alkanes) is 1. The van der Waals surface area contributed by atoms with Crippen LogP contribution in [-0.4, -0.2) is 24.7 Å². The highest BCUT2D eigenvalue weighted by Crippen LogP contribution is 2.30. The number of rotatable bonds is 9. The molecule has 0 fully saturated rings. The van der Waals surface area contributed by atoms with Gasteiger partial charge in [-0.1, -0.05) is 24.6 Å². The number of nitrogens with one attached hydrogen (secondary N) is 1. The van der Waals surface area contributed by atoms with E-state index in [4.69, 9.17) is 14.0 Å². The van der Waals surface area contributed by atoms with Crippen LogP contribution in [0.15, 0.2) is 28.8 Å². The summed E-state index contributed by atoms with van der Waals surface area (Å²) < 4.78 is 16.4. The molecule has 1 aromatic heterocycles. The van der Waals surface area contributed by atoms with Crippen molar-refractivity contribution in [3.8, 4) is 11.5 Å². The van der Waals surface area contributed by atoms with Gasteiger partial charge in [0.1, 0.15) is 12.4 Å². The lowest BCUT2D eigenvalue weighted by molar-refractivity contribution is -0.116. The van der Waals surface area contributed by atoms with Crippen LogP contribution in [-0.2, 0) is 11.4 Å². The van der Waals surface area contributed by atoms with E-state index < -0.39 is 0 Å². The van der Waals surface area contributed by atoms with E-state index in [1.807, 2.05) is 32.0 Å². The molecule has 1 amide bonds. The zero-order valence-electron chi connectivity index (χ0n) is 15.8. The Morgan fingerprint density at radius 1 is 1.31 bits per heavy atom. The van der Waals surface area contributed by atoms with E-state index in [-0.39, 0.29) is 5.91 Å². The quantitative estimate of drug-likeness (QED) is 0.545. The van der Waals surface area contributed by atoms with Crippen LogP contribution in [0.2, 0.25) is 0 Å². The number of amides is 1. The Morgan fingerprint density at radius 3 is 2.77 bits per heavy atom. The Morgan fingerprint density at radius 2 is 2.12 bits per heavy atom. The maximum atomic E-state index is 11.7. The molecule has 0 bridgehead atoms. The van der Waals surface area contributed by atoms with Gasteiger partial charge < -0.3 is 19.3 Å². The summed E-state index contributed by atoms with van der Waals surface area (Å²) in [6, 6.07) is 5.53. The summed E-state index contributed by atoms with van der Waals surface area (Å²) in [7, 11) is 1.59. The van der Waals surface area contributed by atoms with Crippen molar-refractivity contribution in [2.24, 2.45) is 0 Å². The maximum Gasteiger partial charge on any atom is 0.243 e.